The molecule has 0 amide bonds. The average molecular weight is 332 g/mol. The van der Waals surface area contributed by atoms with Gasteiger partial charge in [-0.25, -0.2) is 18.1 Å². The van der Waals surface area contributed by atoms with Crippen molar-refractivity contribution in [2.75, 3.05) is 6.26 Å². The number of aliphatic hydroxyl groups excluding tert-OH is 1. The van der Waals surface area contributed by atoms with Crippen molar-refractivity contribution < 1.29 is 13.5 Å². The van der Waals surface area contributed by atoms with Crippen LogP contribution in [0.1, 0.15) is 5.56 Å². The molecule has 0 bridgehead atoms. The molecule has 0 spiro atoms. The summed E-state index contributed by atoms with van der Waals surface area (Å²) in [5.74, 6) is 0.460. The average Bonchev–Trinajstić information content (AvgIpc) is 2.77. The molecule has 0 saturated carbocycles. The molecule has 2 aromatic heterocycles. The molecular weight excluding hydrogens is 322 g/mol. The summed E-state index contributed by atoms with van der Waals surface area (Å²) in [6, 6.07) is 1.70. The first-order valence-electron chi connectivity index (χ1n) is 4.92. The molecule has 0 aromatic carbocycles. The van der Waals surface area contributed by atoms with Gasteiger partial charge in [0.05, 0.1) is 23.5 Å². The maximum absolute atomic E-state index is 11.3. The molecule has 2 aromatic rings. The molecule has 18 heavy (non-hydrogen) atoms. The summed E-state index contributed by atoms with van der Waals surface area (Å²) in [5, 5.41) is 12.9. The van der Waals surface area contributed by atoms with Gasteiger partial charge in [0, 0.05) is 12.5 Å². The summed E-state index contributed by atoms with van der Waals surface area (Å²) in [6.45, 7) is -0.112. The number of aromatic nitrogens is 3. The van der Waals surface area contributed by atoms with Crippen LogP contribution in [0, 0.1) is 0 Å². The number of nitrogens with zero attached hydrogens (tertiary/aromatic N) is 3. The van der Waals surface area contributed by atoms with Gasteiger partial charge < -0.3 is 5.11 Å². The van der Waals surface area contributed by atoms with E-state index in [4.69, 9.17) is 5.11 Å². The van der Waals surface area contributed by atoms with Crippen LogP contribution in [0.2, 0.25) is 0 Å². The van der Waals surface area contributed by atoms with Gasteiger partial charge in [-0.1, -0.05) is 0 Å². The highest BCUT2D eigenvalue weighted by Gasteiger charge is 2.13. The van der Waals surface area contributed by atoms with E-state index in [2.05, 4.69) is 26.0 Å². The quantitative estimate of drug-likeness (QED) is 0.904. The molecule has 0 aliphatic rings. The molecule has 0 saturated heterocycles. The van der Waals surface area contributed by atoms with Gasteiger partial charge in [-0.15, -0.1) is 0 Å². The van der Waals surface area contributed by atoms with Crippen molar-refractivity contribution in [1.29, 1.82) is 0 Å². The van der Waals surface area contributed by atoms with E-state index in [0.29, 0.717) is 15.9 Å². The van der Waals surface area contributed by atoms with Gasteiger partial charge in [0.25, 0.3) is 0 Å². The second-order valence-electron chi connectivity index (χ2n) is 3.70. The molecule has 0 aliphatic heterocycles. The highest BCUT2D eigenvalue weighted by atomic mass is 79.9. The second-order valence-corrected chi connectivity index (χ2v) is 6.57. The van der Waals surface area contributed by atoms with E-state index >= 15 is 0 Å². The molecule has 2 heterocycles. The Hall–Kier alpha value is -1.25. The van der Waals surface area contributed by atoms with E-state index in [0.717, 1.165) is 6.26 Å². The van der Waals surface area contributed by atoms with Crippen LogP contribution >= 0.6 is 15.9 Å². The van der Waals surface area contributed by atoms with Crippen molar-refractivity contribution >= 4 is 25.8 Å². The standard InChI is InChI=1S/C10H10BrN3O3S/c1-18(16,17)8-4-13-14(5-8)10-9(11)2-7(6-15)3-12-10/h2-5,15H,6H2,1H3. The van der Waals surface area contributed by atoms with Crippen LogP contribution in [0.5, 0.6) is 0 Å². The summed E-state index contributed by atoms with van der Waals surface area (Å²) < 4.78 is 24.7. The van der Waals surface area contributed by atoms with E-state index < -0.39 is 9.84 Å². The van der Waals surface area contributed by atoms with E-state index in [9.17, 15) is 8.42 Å². The summed E-state index contributed by atoms with van der Waals surface area (Å²) in [5.41, 5.74) is 0.654. The van der Waals surface area contributed by atoms with E-state index in [-0.39, 0.29) is 11.5 Å². The third kappa shape index (κ3) is 2.60. The Bertz CT molecular complexity index is 681. The molecule has 1 N–H and O–H groups in total. The fourth-order valence-corrected chi connectivity index (χ4v) is 2.45. The molecular formula is C10H10BrN3O3S. The summed E-state index contributed by atoms with van der Waals surface area (Å²) >= 11 is 3.30. The zero-order valence-electron chi connectivity index (χ0n) is 9.41. The third-order valence-electron chi connectivity index (χ3n) is 2.27. The van der Waals surface area contributed by atoms with Crippen molar-refractivity contribution in [1.82, 2.24) is 14.8 Å². The molecule has 96 valence electrons. The van der Waals surface area contributed by atoms with E-state index in [1.165, 1.54) is 23.3 Å². The minimum atomic E-state index is -3.28. The van der Waals surface area contributed by atoms with Crippen LogP contribution in [0.15, 0.2) is 34.0 Å². The Labute approximate surface area is 112 Å². The highest BCUT2D eigenvalue weighted by Crippen LogP contribution is 2.20. The second kappa shape index (κ2) is 4.79. The Morgan fingerprint density at radius 1 is 1.44 bits per heavy atom. The topological polar surface area (TPSA) is 85.1 Å². The predicted octanol–water partition coefficient (Wildman–Crippen LogP) is 0.926. The van der Waals surface area contributed by atoms with Gasteiger partial charge in [0.1, 0.15) is 4.90 Å². The fraction of sp³-hybridized carbons (Fsp3) is 0.200. The Morgan fingerprint density at radius 2 is 2.17 bits per heavy atom. The lowest BCUT2D eigenvalue weighted by molar-refractivity contribution is 0.281. The number of aliphatic hydroxyl groups is 1. The predicted molar refractivity (Wildman–Crippen MR) is 68.1 cm³/mol. The normalized spacial score (nSPS) is 11.7. The van der Waals surface area contributed by atoms with Crippen LogP contribution in [0.4, 0.5) is 0 Å². The lowest BCUT2D eigenvalue weighted by Gasteiger charge is -2.04. The van der Waals surface area contributed by atoms with Crippen LogP contribution in [-0.2, 0) is 16.4 Å². The Morgan fingerprint density at radius 3 is 2.67 bits per heavy atom. The lowest BCUT2D eigenvalue weighted by Crippen LogP contribution is -2.01. The third-order valence-corrected chi connectivity index (χ3v) is 3.92. The van der Waals surface area contributed by atoms with Gasteiger partial charge >= 0.3 is 0 Å². The molecule has 8 heteroatoms. The number of rotatable bonds is 3. The van der Waals surface area contributed by atoms with Gasteiger partial charge in [-0.2, -0.15) is 5.10 Å². The minimum Gasteiger partial charge on any atom is -0.392 e. The van der Waals surface area contributed by atoms with Crippen molar-refractivity contribution in [2.45, 2.75) is 11.5 Å². The highest BCUT2D eigenvalue weighted by molar-refractivity contribution is 9.10. The van der Waals surface area contributed by atoms with Crippen molar-refractivity contribution in [3.05, 3.63) is 34.7 Å². The largest absolute Gasteiger partial charge is 0.392 e. The van der Waals surface area contributed by atoms with Gasteiger partial charge in [0.2, 0.25) is 0 Å². The van der Waals surface area contributed by atoms with Crippen LogP contribution in [0.25, 0.3) is 5.82 Å². The molecule has 6 nitrogen and oxygen atoms in total. The van der Waals surface area contributed by atoms with Crippen molar-refractivity contribution in [3.8, 4) is 5.82 Å². The summed E-state index contributed by atoms with van der Waals surface area (Å²) in [7, 11) is -3.28. The number of sulfone groups is 1. The molecule has 0 radical (unpaired) electrons. The minimum absolute atomic E-state index is 0.112. The zero-order valence-corrected chi connectivity index (χ0v) is 11.8. The van der Waals surface area contributed by atoms with Crippen LogP contribution in [-0.4, -0.2) is 34.5 Å². The first-order valence-corrected chi connectivity index (χ1v) is 7.60. The maximum Gasteiger partial charge on any atom is 0.178 e. The number of hydrogen-bond donors (Lipinski definition) is 1. The summed E-state index contributed by atoms with van der Waals surface area (Å²) in [6.07, 6.45) is 5.28. The van der Waals surface area contributed by atoms with Gasteiger partial charge in [0.15, 0.2) is 15.7 Å². The van der Waals surface area contributed by atoms with E-state index in [1.807, 2.05) is 0 Å². The Kier molecular flexibility index (Phi) is 3.51. The molecule has 0 fully saturated rings. The molecule has 0 unspecified atom stereocenters. The van der Waals surface area contributed by atoms with Gasteiger partial charge in [-0.05, 0) is 27.6 Å². The van der Waals surface area contributed by atoms with Crippen LogP contribution < -0.4 is 0 Å². The lowest BCUT2D eigenvalue weighted by atomic mass is 10.3. The van der Waals surface area contributed by atoms with Gasteiger partial charge in [-0.3, -0.25) is 0 Å². The van der Waals surface area contributed by atoms with Crippen LogP contribution in [0.3, 0.4) is 0 Å². The smallest absolute Gasteiger partial charge is 0.178 e. The van der Waals surface area contributed by atoms with Crippen molar-refractivity contribution in [3.63, 3.8) is 0 Å². The first kappa shape index (κ1) is 13.2. The number of hydrogen-bond acceptors (Lipinski definition) is 5. The van der Waals surface area contributed by atoms with E-state index in [1.54, 1.807) is 6.07 Å². The zero-order chi connectivity index (χ0) is 13.3. The number of pyridine rings is 1. The monoisotopic (exact) mass is 331 g/mol. The molecule has 0 atom stereocenters. The maximum atomic E-state index is 11.3. The Balaban J connectivity index is 2.47. The summed E-state index contributed by atoms with van der Waals surface area (Å²) in [4.78, 5) is 4.24. The number of halogens is 1. The SMILES string of the molecule is CS(=O)(=O)c1cnn(-c2ncc(CO)cc2Br)c1. The van der Waals surface area contributed by atoms with Crippen molar-refractivity contribution in [2.24, 2.45) is 0 Å². The molecule has 0 aliphatic carbocycles. The molecule has 2 rings (SSSR count). The fourth-order valence-electron chi connectivity index (χ4n) is 1.34. The first-order chi connectivity index (χ1) is 8.41.